The molecule has 0 saturated carbocycles. The van der Waals surface area contributed by atoms with Gasteiger partial charge in [0, 0.05) is 31.7 Å². The SMILES string of the molecule is CC(Oc1ccccc1C(C)C)C(=O)N1CCN(C(=O)c2ccc(Cl)c(Cl)c2)CC1. The van der Waals surface area contributed by atoms with Crippen molar-refractivity contribution in [3.63, 3.8) is 0 Å². The minimum atomic E-state index is -0.595. The molecule has 0 aromatic heterocycles. The maximum absolute atomic E-state index is 12.9. The van der Waals surface area contributed by atoms with E-state index in [-0.39, 0.29) is 11.8 Å². The van der Waals surface area contributed by atoms with Gasteiger partial charge in [-0.3, -0.25) is 9.59 Å². The lowest BCUT2D eigenvalue weighted by molar-refractivity contribution is -0.139. The summed E-state index contributed by atoms with van der Waals surface area (Å²) in [5, 5.41) is 0.764. The molecule has 2 aromatic carbocycles. The third-order valence-corrected chi connectivity index (χ3v) is 5.98. The first kappa shape index (κ1) is 22.4. The molecule has 2 aromatic rings. The minimum absolute atomic E-state index is 0.0739. The highest BCUT2D eigenvalue weighted by atomic mass is 35.5. The zero-order chi connectivity index (χ0) is 21.8. The van der Waals surface area contributed by atoms with Crippen LogP contribution in [0.15, 0.2) is 42.5 Å². The highest BCUT2D eigenvalue weighted by molar-refractivity contribution is 6.42. The molecule has 30 heavy (non-hydrogen) atoms. The smallest absolute Gasteiger partial charge is 0.263 e. The van der Waals surface area contributed by atoms with Gasteiger partial charge in [0.15, 0.2) is 6.10 Å². The van der Waals surface area contributed by atoms with Crippen LogP contribution in [-0.2, 0) is 4.79 Å². The van der Waals surface area contributed by atoms with E-state index in [0.29, 0.717) is 47.7 Å². The number of piperazine rings is 1. The Bertz CT molecular complexity index is 924. The number of hydrogen-bond donors (Lipinski definition) is 0. The van der Waals surface area contributed by atoms with Gasteiger partial charge in [-0.15, -0.1) is 0 Å². The summed E-state index contributed by atoms with van der Waals surface area (Å²) in [6.07, 6.45) is -0.595. The molecule has 0 radical (unpaired) electrons. The van der Waals surface area contributed by atoms with E-state index in [1.165, 1.54) is 0 Å². The number of rotatable bonds is 5. The van der Waals surface area contributed by atoms with Crippen LogP contribution in [0.5, 0.6) is 5.75 Å². The van der Waals surface area contributed by atoms with Crippen molar-refractivity contribution in [3.8, 4) is 5.75 Å². The van der Waals surface area contributed by atoms with Crippen molar-refractivity contribution in [2.45, 2.75) is 32.8 Å². The Kier molecular flexibility index (Phi) is 7.27. The van der Waals surface area contributed by atoms with Gasteiger partial charge < -0.3 is 14.5 Å². The average Bonchev–Trinajstić information content (AvgIpc) is 2.75. The predicted molar refractivity (Wildman–Crippen MR) is 120 cm³/mol. The van der Waals surface area contributed by atoms with E-state index in [2.05, 4.69) is 13.8 Å². The molecule has 1 saturated heterocycles. The fourth-order valence-corrected chi connectivity index (χ4v) is 3.80. The van der Waals surface area contributed by atoms with E-state index in [0.717, 1.165) is 11.3 Å². The van der Waals surface area contributed by atoms with Crippen LogP contribution < -0.4 is 4.74 Å². The van der Waals surface area contributed by atoms with Gasteiger partial charge in [0.2, 0.25) is 0 Å². The molecule has 1 atom stereocenters. The van der Waals surface area contributed by atoms with Gasteiger partial charge in [-0.25, -0.2) is 0 Å². The van der Waals surface area contributed by atoms with E-state index < -0.39 is 6.10 Å². The summed E-state index contributed by atoms with van der Waals surface area (Å²) in [6, 6.07) is 12.6. The molecule has 0 aliphatic carbocycles. The van der Waals surface area contributed by atoms with Gasteiger partial charge in [-0.2, -0.15) is 0 Å². The fourth-order valence-electron chi connectivity index (χ4n) is 3.50. The monoisotopic (exact) mass is 448 g/mol. The molecular weight excluding hydrogens is 423 g/mol. The van der Waals surface area contributed by atoms with E-state index in [9.17, 15) is 9.59 Å². The Hall–Kier alpha value is -2.24. The fraction of sp³-hybridized carbons (Fsp3) is 0.391. The number of ether oxygens (including phenoxy) is 1. The second kappa shape index (κ2) is 9.71. The topological polar surface area (TPSA) is 49.9 Å². The lowest BCUT2D eigenvalue weighted by Crippen LogP contribution is -2.53. The summed E-state index contributed by atoms with van der Waals surface area (Å²) in [6.45, 7) is 7.81. The number of carbonyl (C=O) groups is 2. The van der Waals surface area contributed by atoms with Crippen molar-refractivity contribution in [3.05, 3.63) is 63.6 Å². The van der Waals surface area contributed by atoms with Gasteiger partial charge in [0.1, 0.15) is 5.75 Å². The number of carbonyl (C=O) groups excluding carboxylic acids is 2. The van der Waals surface area contributed by atoms with Crippen molar-refractivity contribution < 1.29 is 14.3 Å². The molecule has 1 unspecified atom stereocenters. The van der Waals surface area contributed by atoms with Crippen molar-refractivity contribution in [1.82, 2.24) is 9.80 Å². The summed E-state index contributed by atoms with van der Waals surface area (Å²) in [5.74, 6) is 0.854. The maximum Gasteiger partial charge on any atom is 0.263 e. The van der Waals surface area contributed by atoms with Crippen LogP contribution >= 0.6 is 23.2 Å². The largest absolute Gasteiger partial charge is 0.481 e. The molecule has 0 N–H and O–H groups in total. The predicted octanol–water partition coefficient (Wildman–Crippen LogP) is 4.87. The van der Waals surface area contributed by atoms with Crippen LogP contribution in [0.3, 0.4) is 0 Å². The van der Waals surface area contributed by atoms with Gasteiger partial charge in [0.05, 0.1) is 10.0 Å². The normalized spacial score (nSPS) is 15.3. The molecule has 3 rings (SSSR count). The van der Waals surface area contributed by atoms with Crippen molar-refractivity contribution in [2.24, 2.45) is 0 Å². The molecule has 1 fully saturated rings. The summed E-state index contributed by atoms with van der Waals surface area (Å²) in [7, 11) is 0. The van der Waals surface area contributed by atoms with Gasteiger partial charge in [0.25, 0.3) is 11.8 Å². The zero-order valence-corrected chi connectivity index (χ0v) is 18.9. The van der Waals surface area contributed by atoms with Crippen LogP contribution in [0.4, 0.5) is 0 Å². The molecule has 1 heterocycles. The first-order chi connectivity index (χ1) is 14.3. The lowest BCUT2D eigenvalue weighted by Gasteiger charge is -2.36. The highest BCUT2D eigenvalue weighted by Crippen LogP contribution is 2.27. The van der Waals surface area contributed by atoms with E-state index >= 15 is 0 Å². The van der Waals surface area contributed by atoms with E-state index in [1.54, 1.807) is 34.9 Å². The summed E-state index contributed by atoms with van der Waals surface area (Å²) in [5.41, 5.74) is 1.57. The van der Waals surface area contributed by atoms with Gasteiger partial charge in [-0.1, -0.05) is 55.2 Å². The standard InChI is InChI=1S/C23H26Cl2N2O3/c1-15(2)18-6-4-5-7-21(18)30-16(3)22(28)26-10-12-27(13-11-26)23(29)17-8-9-19(24)20(25)14-17/h4-9,14-16H,10-13H2,1-3H3. The molecule has 5 nitrogen and oxygen atoms in total. The number of benzene rings is 2. The zero-order valence-electron chi connectivity index (χ0n) is 17.4. The Morgan fingerprint density at radius 3 is 2.17 bits per heavy atom. The summed E-state index contributed by atoms with van der Waals surface area (Å²) >= 11 is 12.0. The minimum Gasteiger partial charge on any atom is -0.481 e. The number of amides is 2. The van der Waals surface area contributed by atoms with Gasteiger partial charge >= 0.3 is 0 Å². The number of para-hydroxylation sites is 1. The quantitative estimate of drug-likeness (QED) is 0.655. The molecule has 1 aliphatic heterocycles. The first-order valence-electron chi connectivity index (χ1n) is 10.1. The molecule has 2 amide bonds. The highest BCUT2D eigenvalue weighted by Gasteiger charge is 2.29. The second-order valence-corrected chi connectivity index (χ2v) is 8.51. The Labute approximate surface area is 187 Å². The Balaban J connectivity index is 1.58. The van der Waals surface area contributed by atoms with Crippen molar-refractivity contribution >= 4 is 35.0 Å². The van der Waals surface area contributed by atoms with Crippen molar-refractivity contribution in [1.29, 1.82) is 0 Å². The Morgan fingerprint density at radius 2 is 1.53 bits per heavy atom. The lowest BCUT2D eigenvalue weighted by atomic mass is 10.0. The molecule has 160 valence electrons. The molecular formula is C23H26Cl2N2O3. The van der Waals surface area contributed by atoms with Crippen LogP contribution in [0, 0.1) is 0 Å². The van der Waals surface area contributed by atoms with E-state index in [1.807, 2.05) is 24.3 Å². The molecule has 1 aliphatic rings. The van der Waals surface area contributed by atoms with Crippen LogP contribution in [-0.4, -0.2) is 53.9 Å². The van der Waals surface area contributed by atoms with Crippen molar-refractivity contribution in [2.75, 3.05) is 26.2 Å². The molecule has 0 spiro atoms. The van der Waals surface area contributed by atoms with Crippen LogP contribution in [0.25, 0.3) is 0 Å². The molecule has 0 bridgehead atoms. The number of nitrogens with zero attached hydrogens (tertiary/aromatic N) is 2. The Morgan fingerprint density at radius 1 is 0.900 bits per heavy atom. The summed E-state index contributed by atoms with van der Waals surface area (Å²) < 4.78 is 5.99. The number of hydrogen-bond acceptors (Lipinski definition) is 3. The average molecular weight is 449 g/mol. The van der Waals surface area contributed by atoms with Crippen LogP contribution in [0.2, 0.25) is 10.0 Å². The third kappa shape index (κ3) is 5.08. The summed E-state index contributed by atoms with van der Waals surface area (Å²) in [4.78, 5) is 29.1. The van der Waals surface area contributed by atoms with Gasteiger partial charge in [-0.05, 0) is 42.7 Å². The second-order valence-electron chi connectivity index (χ2n) is 7.70. The van der Waals surface area contributed by atoms with E-state index in [4.69, 9.17) is 27.9 Å². The molecule has 7 heteroatoms. The maximum atomic E-state index is 12.9. The van der Waals surface area contributed by atoms with Crippen LogP contribution in [0.1, 0.15) is 42.6 Å². The first-order valence-corrected chi connectivity index (χ1v) is 10.8. The third-order valence-electron chi connectivity index (χ3n) is 5.24. The number of halogens is 2.